The molecule has 2 heterocycles. The third kappa shape index (κ3) is 2.79. The second-order valence-electron chi connectivity index (χ2n) is 4.22. The Bertz CT molecular complexity index is 346. The van der Waals surface area contributed by atoms with Crippen LogP contribution in [0.15, 0.2) is 0 Å². The highest BCUT2D eigenvalue weighted by Crippen LogP contribution is 2.14. The lowest BCUT2D eigenvalue weighted by atomic mass is 10.0. The molecule has 1 aliphatic heterocycles. The number of carbonyl (C=O) groups is 1. The van der Waals surface area contributed by atoms with Crippen LogP contribution in [0.1, 0.15) is 36.8 Å². The molecule has 0 unspecified atom stereocenters. The Hall–Kier alpha value is -1.50. The standard InChI is InChI=1S/C10H18N6O/c1-2-7-16(8-3-5-11-6-4-8)10(17)9-12-14-15-13-9/h8,11H,2-7H2,1H3,(H,12,13,14,15). The van der Waals surface area contributed by atoms with E-state index in [-0.39, 0.29) is 11.7 Å². The number of nitrogens with one attached hydrogen (secondary N) is 2. The predicted molar refractivity (Wildman–Crippen MR) is 61.4 cm³/mol. The average molecular weight is 238 g/mol. The second-order valence-corrected chi connectivity index (χ2v) is 4.22. The van der Waals surface area contributed by atoms with Gasteiger partial charge in [0.05, 0.1) is 0 Å². The van der Waals surface area contributed by atoms with Crippen LogP contribution in [0.5, 0.6) is 0 Å². The first-order valence-corrected chi connectivity index (χ1v) is 6.08. The van der Waals surface area contributed by atoms with Gasteiger partial charge in [0.2, 0.25) is 0 Å². The molecule has 94 valence electrons. The van der Waals surface area contributed by atoms with Gasteiger partial charge in [0, 0.05) is 12.6 Å². The van der Waals surface area contributed by atoms with Gasteiger partial charge in [-0.15, -0.1) is 10.2 Å². The van der Waals surface area contributed by atoms with E-state index >= 15 is 0 Å². The Labute approximate surface area is 100.0 Å². The maximum Gasteiger partial charge on any atom is 0.295 e. The molecular formula is C10H18N6O. The number of rotatable bonds is 4. The van der Waals surface area contributed by atoms with Crippen molar-refractivity contribution in [3.05, 3.63) is 5.82 Å². The molecule has 17 heavy (non-hydrogen) atoms. The fourth-order valence-electron chi connectivity index (χ4n) is 2.19. The predicted octanol–water partition coefficient (Wildman–Crippen LogP) is -0.196. The summed E-state index contributed by atoms with van der Waals surface area (Å²) in [7, 11) is 0. The molecule has 1 aliphatic rings. The summed E-state index contributed by atoms with van der Waals surface area (Å²) in [6, 6.07) is 0.294. The molecule has 1 fully saturated rings. The molecule has 7 heteroatoms. The maximum atomic E-state index is 12.2. The third-order valence-corrected chi connectivity index (χ3v) is 3.01. The second kappa shape index (κ2) is 5.72. The van der Waals surface area contributed by atoms with Gasteiger partial charge in [-0.05, 0) is 37.6 Å². The first-order chi connectivity index (χ1) is 8.33. The minimum Gasteiger partial charge on any atom is -0.333 e. The summed E-state index contributed by atoms with van der Waals surface area (Å²) in [4.78, 5) is 14.1. The van der Waals surface area contributed by atoms with Crippen LogP contribution in [-0.2, 0) is 0 Å². The van der Waals surface area contributed by atoms with Gasteiger partial charge in [-0.25, -0.2) is 0 Å². The van der Waals surface area contributed by atoms with Gasteiger partial charge in [-0.2, -0.15) is 5.21 Å². The summed E-state index contributed by atoms with van der Waals surface area (Å²) in [5, 5.41) is 16.6. The summed E-state index contributed by atoms with van der Waals surface area (Å²) in [6.07, 6.45) is 2.92. The monoisotopic (exact) mass is 238 g/mol. The minimum absolute atomic E-state index is 0.118. The van der Waals surface area contributed by atoms with E-state index in [0.29, 0.717) is 6.04 Å². The Morgan fingerprint density at radius 2 is 2.24 bits per heavy atom. The van der Waals surface area contributed by atoms with Crippen LogP contribution >= 0.6 is 0 Å². The Balaban J connectivity index is 2.07. The molecule has 1 aromatic rings. The quantitative estimate of drug-likeness (QED) is 0.759. The summed E-state index contributed by atoms with van der Waals surface area (Å²) >= 11 is 0. The minimum atomic E-state index is -0.118. The molecule has 7 nitrogen and oxygen atoms in total. The van der Waals surface area contributed by atoms with Gasteiger partial charge in [0.1, 0.15) is 0 Å². The molecule has 2 rings (SSSR count). The average Bonchev–Trinajstić information content (AvgIpc) is 2.90. The number of hydrogen-bond donors (Lipinski definition) is 2. The molecule has 1 amide bonds. The van der Waals surface area contributed by atoms with Gasteiger partial charge in [-0.3, -0.25) is 4.79 Å². The SMILES string of the molecule is CCCN(C(=O)c1nn[nH]n1)C1CCNCC1. The molecule has 0 aliphatic carbocycles. The normalized spacial score (nSPS) is 17.0. The highest BCUT2D eigenvalue weighted by Gasteiger charge is 2.27. The van der Waals surface area contributed by atoms with Crippen molar-refractivity contribution in [3.63, 3.8) is 0 Å². The van der Waals surface area contributed by atoms with Crippen LogP contribution in [0.4, 0.5) is 0 Å². The molecule has 0 bridgehead atoms. The van der Waals surface area contributed by atoms with Gasteiger partial charge >= 0.3 is 0 Å². The number of aromatic nitrogens is 4. The topological polar surface area (TPSA) is 86.8 Å². The van der Waals surface area contributed by atoms with E-state index in [1.807, 2.05) is 4.90 Å². The summed E-state index contributed by atoms with van der Waals surface area (Å²) in [6.45, 7) is 4.74. The summed E-state index contributed by atoms with van der Waals surface area (Å²) < 4.78 is 0. The van der Waals surface area contributed by atoms with Crippen LogP contribution in [0.3, 0.4) is 0 Å². The van der Waals surface area contributed by atoms with Crippen molar-refractivity contribution in [2.24, 2.45) is 0 Å². The van der Waals surface area contributed by atoms with Gasteiger partial charge in [-0.1, -0.05) is 6.92 Å². The van der Waals surface area contributed by atoms with Crippen molar-refractivity contribution < 1.29 is 4.79 Å². The molecular weight excluding hydrogens is 220 g/mol. The van der Waals surface area contributed by atoms with E-state index in [1.165, 1.54) is 0 Å². The molecule has 0 atom stereocenters. The van der Waals surface area contributed by atoms with Crippen molar-refractivity contribution in [1.29, 1.82) is 0 Å². The Kier molecular flexibility index (Phi) is 4.03. The highest BCUT2D eigenvalue weighted by atomic mass is 16.2. The number of piperidine rings is 1. The number of nitrogens with zero attached hydrogens (tertiary/aromatic N) is 4. The van der Waals surface area contributed by atoms with E-state index < -0.39 is 0 Å². The lowest BCUT2D eigenvalue weighted by molar-refractivity contribution is 0.0630. The first kappa shape index (κ1) is 12.0. The number of aromatic amines is 1. The van der Waals surface area contributed by atoms with E-state index in [1.54, 1.807) is 0 Å². The lowest BCUT2D eigenvalue weighted by Gasteiger charge is -2.33. The van der Waals surface area contributed by atoms with Crippen molar-refractivity contribution in [2.75, 3.05) is 19.6 Å². The number of carbonyl (C=O) groups excluding carboxylic acids is 1. The number of amides is 1. The Morgan fingerprint density at radius 3 is 2.82 bits per heavy atom. The zero-order chi connectivity index (χ0) is 12.1. The maximum absolute atomic E-state index is 12.2. The molecule has 0 aromatic carbocycles. The van der Waals surface area contributed by atoms with Gasteiger partial charge in [0.25, 0.3) is 11.7 Å². The van der Waals surface area contributed by atoms with Crippen molar-refractivity contribution in [1.82, 2.24) is 30.8 Å². The van der Waals surface area contributed by atoms with E-state index in [9.17, 15) is 4.79 Å². The largest absolute Gasteiger partial charge is 0.333 e. The van der Waals surface area contributed by atoms with Crippen LogP contribution in [0.25, 0.3) is 0 Å². The fourth-order valence-corrected chi connectivity index (χ4v) is 2.19. The summed E-state index contributed by atoms with van der Waals surface area (Å²) in [5.74, 6) is 0.0458. The lowest BCUT2D eigenvalue weighted by Crippen LogP contribution is -2.46. The molecule has 0 spiro atoms. The molecule has 1 aromatic heterocycles. The Morgan fingerprint density at radius 1 is 1.47 bits per heavy atom. The smallest absolute Gasteiger partial charge is 0.295 e. The van der Waals surface area contributed by atoms with Crippen molar-refractivity contribution in [2.45, 2.75) is 32.2 Å². The zero-order valence-corrected chi connectivity index (χ0v) is 10.0. The number of tetrazole rings is 1. The van der Waals surface area contributed by atoms with E-state index in [0.717, 1.165) is 38.9 Å². The summed E-state index contributed by atoms with van der Waals surface area (Å²) in [5.41, 5.74) is 0. The zero-order valence-electron chi connectivity index (χ0n) is 10.0. The number of H-pyrrole nitrogens is 1. The van der Waals surface area contributed by atoms with Crippen molar-refractivity contribution >= 4 is 5.91 Å². The van der Waals surface area contributed by atoms with Crippen LogP contribution in [0, 0.1) is 0 Å². The van der Waals surface area contributed by atoms with Crippen LogP contribution in [0.2, 0.25) is 0 Å². The highest BCUT2D eigenvalue weighted by molar-refractivity contribution is 5.90. The van der Waals surface area contributed by atoms with Gasteiger partial charge < -0.3 is 10.2 Å². The van der Waals surface area contributed by atoms with Gasteiger partial charge in [0.15, 0.2) is 0 Å². The van der Waals surface area contributed by atoms with Crippen LogP contribution in [-0.4, -0.2) is 57.1 Å². The molecule has 1 saturated heterocycles. The first-order valence-electron chi connectivity index (χ1n) is 6.08. The molecule has 0 saturated carbocycles. The van der Waals surface area contributed by atoms with E-state index in [4.69, 9.17) is 0 Å². The molecule has 2 N–H and O–H groups in total. The number of hydrogen-bond acceptors (Lipinski definition) is 5. The third-order valence-electron chi connectivity index (χ3n) is 3.01. The van der Waals surface area contributed by atoms with E-state index in [2.05, 4.69) is 32.9 Å². The van der Waals surface area contributed by atoms with Crippen LogP contribution < -0.4 is 5.32 Å². The fraction of sp³-hybridized carbons (Fsp3) is 0.800. The molecule has 0 radical (unpaired) electrons. The van der Waals surface area contributed by atoms with Crippen molar-refractivity contribution in [3.8, 4) is 0 Å².